The topological polar surface area (TPSA) is 36.1 Å². The van der Waals surface area contributed by atoms with Crippen molar-refractivity contribution in [3.05, 3.63) is 81.1 Å². The Hall–Kier alpha value is -2.46. The first-order valence-corrected chi connectivity index (χ1v) is 11.8. The number of hydrogen-bond donors (Lipinski definition) is 1. The second-order valence-electron chi connectivity index (χ2n) is 10.2. The smallest absolute Gasteiger partial charge is 0.251 e. The van der Waals surface area contributed by atoms with E-state index in [2.05, 4.69) is 48.2 Å². The molecule has 1 fully saturated rings. The van der Waals surface area contributed by atoms with Crippen LogP contribution in [0.4, 0.5) is 4.39 Å². The molecule has 4 heteroatoms. The van der Waals surface area contributed by atoms with E-state index in [1.54, 1.807) is 13.8 Å². The van der Waals surface area contributed by atoms with Crippen LogP contribution in [0.25, 0.3) is 10.9 Å². The van der Waals surface area contributed by atoms with Gasteiger partial charge in [-0.2, -0.15) is 0 Å². The molecule has 1 saturated carbocycles. The fourth-order valence-corrected chi connectivity index (χ4v) is 4.95. The first-order valence-electron chi connectivity index (χ1n) is 11.8. The normalized spacial score (nSPS) is 19.5. The van der Waals surface area contributed by atoms with Gasteiger partial charge in [-0.3, -0.25) is 4.79 Å². The summed E-state index contributed by atoms with van der Waals surface area (Å²) in [6.07, 6.45) is 3.09. The predicted molar refractivity (Wildman–Crippen MR) is 133 cm³/mol. The fourth-order valence-electron chi connectivity index (χ4n) is 4.95. The van der Waals surface area contributed by atoms with Gasteiger partial charge in [0.05, 0.1) is 0 Å². The number of hydrogen-bond acceptors (Lipinski definition) is 2. The second kappa shape index (κ2) is 8.82. The Kier molecular flexibility index (Phi) is 6.26. The van der Waals surface area contributed by atoms with Crippen LogP contribution in [0.1, 0.15) is 63.2 Å². The van der Waals surface area contributed by atoms with Crippen molar-refractivity contribution in [2.45, 2.75) is 51.6 Å². The van der Waals surface area contributed by atoms with Crippen molar-refractivity contribution >= 4 is 10.9 Å². The van der Waals surface area contributed by atoms with Gasteiger partial charge in [-0.15, -0.1) is 0 Å². The number of alkyl halides is 1. The number of rotatable bonds is 8. The van der Waals surface area contributed by atoms with Crippen molar-refractivity contribution in [2.75, 3.05) is 20.6 Å². The van der Waals surface area contributed by atoms with Crippen LogP contribution in [0, 0.1) is 11.8 Å². The Labute approximate surface area is 192 Å². The lowest BCUT2D eigenvalue weighted by Crippen LogP contribution is -2.15. The van der Waals surface area contributed by atoms with E-state index in [0.717, 1.165) is 28.6 Å². The molecule has 0 saturated heterocycles. The Bertz CT molecular complexity index is 1160. The summed E-state index contributed by atoms with van der Waals surface area (Å²) >= 11 is 0. The van der Waals surface area contributed by atoms with Gasteiger partial charge in [-0.25, -0.2) is 4.39 Å². The third-order valence-electron chi connectivity index (χ3n) is 6.97. The van der Waals surface area contributed by atoms with E-state index in [4.69, 9.17) is 0 Å². The third kappa shape index (κ3) is 4.80. The van der Waals surface area contributed by atoms with E-state index in [9.17, 15) is 9.18 Å². The minimum atomic E-state index is -1.37. The molecule has 4 rings (SSSR count). The van der Waals surface area contributed by atoms with Gasteiger partial charge >= 0.3 is 0 Å². The molecule has 3 aromatic rings. The highest BCUT2D eigenvalue weighted by atomic mass is 19.1. The van der Waals surface area contributed by atoms with Crippen LogP contribution < -0.4 is 5.56 Å². The zero-order valence-electron chi connectivity index (χ0n) is 19.9. The number of fused-ring (bicyclic) bond motifs is 1. The molecule has 0 radical (unpaired) electrons. The maximum atomic E-state index is 14.8. The number of halogens is 1. The lowest BCUT2D eigenvalue weighted by Gasteiger charge is -2.22. The number of nitrogens with zero attached hydrogens (tertiary/aromatic N) is 1. The number of nitrogens with one attached hydrogen (secondary N) is 1. The summed E-state index contributed by atoms with van der Waals surface area (Å²) < 4.78 is 14.8. The van der Waals surface area contributed by atoms with Gasteiger partial charge in [-0.1, -0.05) is 37.3 Å². The van der Waals surface area contributed by atoms with Gasteiger partial charge < -0.3 is 9.88 Å². The van der Waals surface area contributed by atoms with Crippen molar-refractivity contribution in [2.24, 2.45) is 11.8 Å². The summed E-state index contributed by atoms with van der Waals surface area (Å²) in [5.74, 6) is 1.46. The van der Waals surface area contributed by atoms with Crippen LogP contribution in [0.5, 0.6) is 0 Å². The quantitative estimate of drug-likeness (QED) is 0.452. The monoisotopic (exact) mass is 436 g/mol. The molecular formula is C28H37FN2O. The lowest BCUT2D eigenvalue weighted by molar-refractivity contribution is 0.221. The Balaban J connectivity index is 0.00000306. The number of aromatic nitrogens is 1. The molecule has 0 amide bonds. The van der Waals surface area contributed by atoms with Gasteiger partial charge in [0.25, 0.3) is 5.56 Å². The molecule has 1 aliphatic rings. The first kappa shape index (κ1) is 22.7. The van der Waals surface area contributed by atoms with Gasteiger partial charge in [-0.05, 0) is 106 Å². The van der Waals surface area contributed by atoms with Crippen molar-refractivity contribution in [3.8, 4) is 0 Å². The van der Waals surface area contributed by atoms with E-state index < -0.39 is 5.67 Å². The van der Waals surface area contributed by atoms with E-state index in [-0.39, 0.29) is 12.9 Å². The van der Waals surface area contributed by atoms with Crippen molar-refractivity contribution in [3.63, 3.8) is 0 Å². The molecule has 1 aliphatic carbocycles. The molecule has 1 aromatic heterocycles. The zero-order chi connectivity index (χ0) is 23.0. The molecule has 1 heterocycles. The van der Waals surface area contributed by atoms with Crippen LogP contribution in [-0.2, 0) is 12.1 Å². The summed E-state index contributed by atoms with van der Waals surface area (Å²) in [6, 6.07) is 16.5. The largest absolute Gasteiger partial charge is 0.322 e. The Morgan fingerprint density at radius 1 is 1.16 bits per heavy atom. The molecule has 0 bridgehead atoms. The van der Waals surface area contributed by atoms with Crippen molar-refractivity contribution < 1.29 is 5.82 Å². The van der Waals surface area contributed by atoms with E-state index >= 15 is 0 Å². The molecule has 3 unspecified atom stereocenters. The number of aryl methyl sites for hydroxylation is 1. The highest BCUT2D eigenvalue weighted by Gasteiger charge is 2.43. The molecule has 3 atom stereocenters. The maximum absolute atomic E-state index is 14.8. The second-order valence-corrected chi connectivity index (χ2v) is 10.2. The lowest BCUT2D eigenvalue weighted by atomic mass is 9.83. The minimum Gasteiger partial charge on any atom is -0.322 e. The zero-order valence-corrected chi connectivity index (χ0v) is 19.9. The SMILES string of the molecule is CCc1cc2cc(C(c3cccc(C(C)(C)F)c3)C3CC3CCN(C)C)ccc2[nH]c1=O.[HH]. The third-order valence-corrected chi connectivity index (χ3v) is 6.97. The molecule has 172 valence electrons. The van der Waals surface area contributed by atoms with Gasteiger partial charge in [0.2, 0.25) is 0 Å². The van der Waals surface area contributed by atoms with Crippen molar-refractivity contribution in [1.29, 1.82) is 0 Å². The molecule has 0 aliphatic heterocycles. The van der Waals surface area contributed by atoms with E-state index in [0.29, 0.717) is 18.3 Å². The van der Waals surface area contributed by atoms with E-state index in [1.807, 2.05) is 31.2 Å². The molecule has 1 N–H and O–H groups in total. The summed E-state index contributed by atoms with van der Waals surface area (Å²) in [4.78, 5) is 17.5. The van der Waals surface area contributed by atoms with Crippen LogP contribution in [0.3, 0.4) is 0 Å². The van der Waals surface area contributed by atoms with E-state index in [1.165, 1.54) is 24.0 Å². The number of pyridine rings is 1. The fraction of sp³-hybridized carbons (Fsp3) is 0.464. The van der Waals surface area contributed by atoms with Gasteiger partial charge in [0.1, 0.15) is 5.67 Å². The van der Waals surface area contributed by atoms with Crippen LogP contribution >= 0.6 is 0 Å². The predicted octanol–water partition coefficient (Wildman–Crippen LogP) is 6.26. The average molecular weight is 437 g/mol. The number of aromatic amines is 1. The van der Waals surface area contributed by atoms with Gasteiger partial charge in [0, 0.05) is 18.4 Å². The highest BCUT2D eigenvalue weighted by molar-refractivity contribution is 5.80. The van der Waals surface area contributed by atoms with Crippen molar-refractivity contribution in [1.82, 2.24) is 9.88 Å². The minimum absolute atomic E-state index is 0. The molecule has 32 heavy (non-hydrogen) atoms. The highest BCUT2D eigenvalue weighted by Crippen LogP contribution is 2.53. The van der Waals surface area contributed by atoms with Crippen LogP contribution in [0.2, 0.25) is 0 Å². The summed E-state index contributed by atoms with van der Waals surface area (Å²) in [5.41, 5.74) is 3.46. The number of benzene rings is 2. The Morgan fingerprint density at radius 2 is 1.91 bits per heavy atom. The van der Waals surface area contributed by atoms with Gasteiger partial charge in [0.15, 0.2) is 0 Å². The maximum Gasteiger partial charge on any atom is 0.251 e. The standard InChI is InChI=1S/C28H35FN2O.H2/c1-6-18-14-22-15-21(10-11-25(22)30-27(18)32)26(24-17-19(24)12-13-31(4)5)20-8-7-9-23(16-20)28(2,3)29;/h7-11,14-16,19,24,26H,6,12-13,17H2,1-5H3,(H,30,32);1H. The first-order chi connectivity index (χ1) is 15.2. The molecule has 0 spiro atoms. The van der Waals surface area contributed by atoms with Crippen LogP contribution in [-0.4, -0.2) is 30.5 Å². The summed E-state index contributed by atoms with van der Waals surface area (Å²) in [7, 11) is 4.24. The summed E-state index contributed by atoms with van der Waals surface area (Å²) in [5, 5.41) is 1.07. The number of H-pyrrole nitrogens is 1. The average Bonchev–Trinajstić information content (AvgIpc) is 3.51. The molecule has 2 aromatic carbocycles. The Morgan fingerprint density at radius 3 is 2.59 bits per heavy atom. The summed E-state index contributed by atoms with van der Waals surface area (Å²) in [6.45, 7) is 6.34. The van der Waals surface area contributed by atoms with Crippen LogP contribution in [0.15, 0.2) is 53.3 Å². The molecule has 3 nitrogen and oxygen atoms in total. The molecular weight excluding hydrogens is 399 g/mol.